The molecule has 5 rings (SSSR count). The highest BCUT2D eigenvalue weighted by atomic mass is 19.1. The minimum atomic E-state index is -0.695. The average molecular weight is 494 g/mol. The van der Waals surface area contributed by atoms with Gasteiger partial charge in [-0.2, -0.15) is 0 Å². The molecule has 1 saturated heterocycles. The van der Waals surface area contributed by atoms with Crippen molar-refractivity contribution in [1.29, 1.82) is 0 Å². The number of fused-ring (bicyclic) bond motifs is 1. The molecular weight excluding hydrogens is 464 g/mol. The van der Waals surface area contributed by atoms with Crippen LogP contribution in [0.25, 0.3) is 11.1 Å². The number of alkyl halides is 1. The summed E-state index contributed by atoms with van der Waals surface area (Å²) in [5.74, 6) is 0.479. The third-order valence-corrected chi connectivity index (χ3v) is 6.98. The Kier molecular flexibility index (Phi) is 6.83. The van der Waals surface area contributed by atoms with E-state index in [2.05, 4.69) is 4.90 Å². The van der Waals surface area contributed by atoms with E-state index in [4.69, 9.17) is 9.47 Å². The summed E-state index contributed by atoms with van der Waals surface area (Å²) in [7, 11) is 0. The number of phenolic OH excluding ortho intramolecular Hbond substituents is 2. The van der Waals surface area contributed by atoms with Gasteiger partial charge in [0.15, 0.2) is 11.6 Å². The smallest absolute Gasteiger partial charge is 0.164 e. The molecule has 7 heteroatoms. The summed E-state index contributed by atoms with van der Waals surface area (Å²) in [6.45, 7) is 4.63. The van der Waals surface area contributed by atoms with Gasteiger partial charge in [0.25, 0.3) is 0 Å². The van der Waals surface area contributed by atoms with Gasteiger partial charge in [0.2, 0.25) is 0 Å². The number of rotatable bonds is 7. The first-order valence-corrected chi connectivity index (χ1v) is 12.1. The molecule has 2 atom stereocenters. The van der Waals surface area contributed by atoms with E-state index in [0.29, 0.717) is 17.9 Å². The van der Waals surface area contributed by atoms with E-state index in [1.54, 1.807) is 24.3 Å². The van der Waals surface area contributed by atoms with Crippen molar-refractivity contribution in [2.24, 2.45) is 5.92 Å². The van der Waals surface area contributed by atoms with Crippen molar-refractivity contribution in [2.45, 2.75) is 19.4 Å². The van der Waals surface area contributed by atoms with E-state index < -0.39 is 17.7 Å². The lowest BCUT2D eigenvalue weighted by Crippen LogP contribution is -2.26. The highest BCUT2D eigenvalue weighted by Gasteiger charge is 2.30. The van der Waals surface area contributed by atoms with Crippen LogP contribution >= 0.6 is 0 Å². The van der Waals surface area contributed by atoms with Gasteiger partial charge in [0.1, 0.15) is 30.0 Å². The number of aromatic hydroxyl groups is 2. The Balaban J connectivity index is 1.38. The van der Waals surface area contributed by atoms with Gasteiger partial charge in [-0.3, -0.25) is 9.29 Å². The van der Waals surface area contributed by atoms with Crippen LogP contribution in [0.4, 0.5) is 8.78 Å². The topological polar surface area (TPSA) is 62.2 Å². The molecule has 2 aliphatic heterocycles. The molecule has 3 aromatic carbocycles. The molecule has 1 unspecified atom stereocenters. The van der Waals surface area contributed by atoms with Crippen LogP contribution in [0.2, 0.25) is 0 Å². The Hall–Kier alpha value is -3.58. The molecule has 0 aliphatic carbocycles. The van der Waals surface area contributed by atoms with Crippen LogP contribution in [0.15, 0.2) is 60.7 Å². The first-order chi connectivity index (χ1) is 17.4. The van der Waals surface area contributed by atoms with Gasteiger partial charge in [0, 0.05) is 30.1 Å². The molecule has 0 bridgehead atoms. The van der Waals surface area contributed by atoms with Gasteiger partial charge in [-0.1, -0.05) is 18.2 Å². The minimum absolute atomic E-state index is 0.118. The van der Waals surface area contributed by atoms with Crippen LogP contribution in [0.1, 0.15) is 36.1 Å². The molecule has 36 heavy (non-hydrogen) atoms. The molecule has 2 aliphatic rings. The van der Waals surface area contributed by atoms with E-state index in [9.17, 15) is 19.0 Å². The second kappa shape index (κ2) is 10.2. The number of hydrogen-bond acceptors (Lipinski definition) is 5. The number of halogens is 2. The number of hydrogen-bond donors (Lipinski definition) is 2. The number of nitrogens with zero attached hydrogens (tertiary/aromatic N) is 1. The molecule has 3 aromatic rings. The number of ether oxygens (including phenoxy) is 2. The molecule has 0 spiro atoms. The van der Waals surface area contributed by atoms with Gasteiger partial charge in [0.05, 0.1) is 6.67 Å². The van der Waals surface area contributed by atoms with Gasteiger partial charge in [-0.25, -0.2) is 4.39 Å². The predicted molar refractivity (Wildman–Crippen MR) is 134 cm³/mol. The van der Waals surface area contributed by atoms with Crippen LogP contribution < -0.4 is 9.47 Å². The van der Waals surface area contributed by atoms with Crippen LogP contribution in [0.5, 0.6) is 23.0 Å². The van der Waals surface area contributed by atoms with Crippen molar-refractivity contribution in [1.82, 2.24) is 4.90 Å². The maximum Gasteiger partial charge on any atom is 0.164 e. The van der Waals surface area contributed by atoms with Gasteiger partial charge < -0.3 is 19.7 Å². The molecule has 0 aromatic heterocycles. The third kappa shape index (κ3) is 4.88. The van der Waals surface area contributed by atoms with Crippen LogP contribution in [-0.2, 0) is 0 Å². The van der Waals surface area contributed by atoms with E-state index >= 15 is 0 Å². The fourth-order valence-corrected chi connectivity index (χ4v) is 5.00. The number of likely N-dealkylation sites (tertiary alicyclic amines) is 1. The molecular formula is C29H29F2NO4. The molecule has 188 valence electrons. The lowest BCUT2D eigenvalue weighted by atomic mass is 9.86. The normalized spacial score (nSPS) is 19.8. The number of benzene rings is 3. The Morgan fingerprint density at radius 2 is 1.86 bits per heavy atom. The molecule has 1 fully saturated rings. The molecule has 0 saturated carbocycles. The lowest BCUT2D eigenvalue weighted by Gasteiger charge is -2.31. The Morgan fingerprint density at radius 1 is 1.06 bits per heavy atom. The quantitative estimate of drug-likeness (QED) is 0.425. The van der Waals surface area contributed by atoms with Crippen LogP contribution in [0, 0.1) is 11.7 Å². The Labute approximate surface area is 209 Å². The summed E-state index contributed by atoms with van der Waals surface area (Å²) < 4.78 is 38.9. The highest BCUT2D eigenvalue weighted by Crippen LogP contribution is 2.47. The first kappa shape index (κ1) is 24.1. The van der Waals surface area contributed by atoms with Crippen molar-refractivity contribution in [3.05, 3.63) is 83.2 Å². The molecule has 0 amide bonds. The van der Waals surface area contributed by atoms with Crippen molar-refractivity contribution in [2.75, 3.05) is 32.9 Å². The van der Waals surface area contributed by atoms with Gasteiger partial charge >= 0.3 is 0 Å². The van der Waals surface area contributed by atoms with Gasteiger partial charge in [-0.15, -0.1) is 0 Å². The third-order valence-electron chi connectivity index (χ3n) is 6.98. The fraction of sp³-hybridized carbons (Fsp3) is 0.310. The maximum atomic E-state index is 13.8. The SMILES string of the molecule is CC1=C(c2ccc(F)c(O)c2)C(c2ccc(OCCN3CC[C@@H](CF)C3)cc2)Oc2ccc(O)cc21. The molecule has 2 heterocycles. The molecule has 0 radical (unpaired) electrons. The lowest BCUT2D eigenvalue weighted by molar-refractivity contribution is 0.228. The van der Waals surface area contributed by atoms with E-state index in [0.717, 1.165) is 54.1 Å². The van der Waals surface area contributed by atoms with E-state index in [1.807, 2.05) is 31.2 Å². The van der Waals surface area contributed by atoms with Crippen molar-refractivity contribution < 1.29 is 28.5 Å². The summed E-state index contributed by atoms with van der Waals surface area (Å²) >= 11 is 0. The summed E-state index contributed by atoms with van der Waals surface area (Å²) in [4.78, 5) is 2.22. The van der Waals surface area contributed by atoms with Crippen LogP contribution in [-0.4, -0.2) is 48.0 Å². The van der Waals surface area contributed by atoms with Crippen LogP contribution in [0.3, 0.4) is 0 Å². The second-order valence-corrected chi connectivity index (χ2v) is 9.41. The van der Waals surface area contributed by atoms with Gasteiger partial charge in [-0.05, 0) is 79.1 Å². The summed E-state index contributed by atoms with van der Waals surface area (Å²) in [6, 6.07) is 16.8. The zero-order valence-electron chi connectivity index (χ0n) is 20.1. The van der Waals surface area contributed by atoms with Crippen molar-refractivity contribution >= 4 is 11.1 Å². The summed E-state index contributed by atoms with van der Waals surface area (Å²) in [6.07, 6.45) is 0.388. The predicted octanol–water partition coefficient (Wildman–Crippen LogP) is 5.97. The number of phenols is 2. The zero-order valence-corrected chi connectivity index (χ0v) is 20.1. The average Bonchev–Trinajstić information content (AvgIpc) is 3.35. The van der Waals surface area contributed by atoms with Crippen molar-refractivity contribution in [3.8, 4) is 23.0 Å². The number of allylic oxidation sites excluding steroid dienone is 1. The standard InChI is InChI=1S/C29H29F2NO4/c1-18-24-15-22(33)5-9-27(24)36-29(28(18)21-4-8-25(31)26(34)14-21)20-2-6-23(7-3-20)35-13-12-32-11-10-19(16-30)17-32/h2-9,14-15,19,29,33-34H,10-13,16-17H2,1H3/t19-,29?/m0/s1. The van der Waals surface area contributed by atoms with Crippen molar-refractivity contribution in [3.63, 3.8) is 0 Å². The zero-order chi connectivity index (χ0) is 25.2. The Bertz CT molecular complexity index is 1270. The first-order valence-electron chi connectivity index (χ1n) is 12.1. The second-order valence-electron chi connectivity index (χ2n) is 9.41. The van der Waals surface area contributed by atoms with E-state index in [1.165, 1.54) is 12.1 Å². The molecule has 5 nitrogen and oxygen atoms in total. The van der Waals surface area contributed by atoms with E-state index in [-0.39, 0.29) is 18.3 Å². The summed E-state index contributed by atoms with van der Waals surface area (Å²) in [5, 5.41) is 20.0. The highest BCUT2D eigenvalue weighted by molar-refractivity contribution is 5.95. The fourth-order valence-electron chi connectivity index (χ4n) is 5.00. The minimum Gasteiger partial charge on any atom is -0.508 e. The Morgan fingerprint density at radius 3 is 2.58 bits per heavy atom. The monoisotopic (exact) mass is 493 g/mol. The summed E-state index contributed by atoms with van der Waals surface area (Å²) in [5.41, 5.74) is 3.86. The molecule has 2 N–H and O–H groups in total. The largest absolute Gasteiger partial charge is 0.508 e. The maximum absolute atomic E-state index is 13.8.